The molecule has 0 spiro atoms. The standard InChI is InChI=1S/C9H6N2O2.C6H11NO.C5H13NO2/c1-7-2-3-8(10-5-12)4-9(7)11-6-13;8-6-4-2-1-3-5-7-6;1-6(2-4-7)3-5-8/h2-4H,1H3;1-5H2,(H,7,8);7-8H,2-5H2,1H3. The zero-order valence-electron chi connectivity index (χ0n) is 17.1. The van der Waals surface area contributed by atoms with Gasteiger partial charge in [-0.15, -0.1) is 0 Å². The Labute approximate surface area is 171 Å². The SMILES string of the molecule is CN(CCO)CCO.Cc1ccc(N=C=O)cc1N=C=O.O=C1CCCCCN1. The fraction of sp³-hybridized carbons (Fsp3) is 0.550. The first-order chi connectivity index (χ1) is 14.0. The molecule has 0 atom stereocenters. The number of carbonyl (C=O) groups is 1. The van der Waals surface area contributed by atoms with E-state index in [0.29, 0.717) is 24.5 Å². The van der Waals surface area contributed by atoms with E-state index in [2.05, 4.69) is 15.3 Å². The minimum Gasteiger partial charge on any atom is -0.395 e. The highest BCUT2D eigenvalue weighted by Crippen LogP contribution is 2.23. The van der Waals surface area contributed by atoms with Crippen molar-refractivity contribution in [1.29, 1.82) is 0 Å². The van der Waals surface area contributed by atoms with Crippen LogP contribution in [0.4, 0.5) is 11.4 Å². The number of nitrogens with one attached hydrogen (secondary N) is 1. The molecule has 1 aliphatic heterocycles. The Bertz CT molecular complexity index is 682. The lowest BCUT2D eigenvalue weighted by Crippen LogP contribution is -2.25. The predicted molar refractivity (Wildman–Crippen MR) is 110 cm³/mol. The highest BCUT2D eigenvalue weighted by molar-refractivity contribution is 5.75. The van der Waals surface area contributed by atoms with Gasteiger partial charge in [0.25, 0.3) is 0 Å². The van der Waals surface area contributed by atoms with Crippen LogP contribution in [0.15, 0.2) is 28.2 Å². The minimum atomic E-state index is 0.163. The smallest absolute Gasteiger partial charge is 0.240 e. The zero-order chi connectivity index (χ0) is 21.9. The molecule has 1 heterocycles. The summed E-state index contributed by atoms with van der Waals surface area (Å²) in [5.41, 5.74) is 1.72. The monoisotopic (exact) mass is 406 g/mol. The number of nitrogens with zero attached hydrogens (tertiary/aromatic N) is 3. The molecule has 29 heavy (non-hydrogen) atoms. The van der Waals surface area contributed by atoms with Crippen LogP contribution in [0.5, 0.6) is 0 Å². The van der Waals surface area contributed by atoms with E-state index in [9.17, 15) is 14.4 Å². The van der Waals surface area contributed by atoms with E-state index in [-0.39, 0.29) is 19.1 Å². The Morgan fingerprint density at radius 2 is 1.72 bits per heavy atom. The van der Waals surface area contributed by atoms with Crippen molar-refractivity contribution in [2.45, 2.75) is 32.6 Å². The van der Waals surface area contributed by atoms with E-state index in [1.54, 1.807) is 19.1 Å². The second-order valence-electron chi connectivity index (χ2n) is 6.29. The van der Waals surface area contributed by atoms with Gasteiger partial charge in [0.1, 0.15) is 0 Å². The van der Waals surface area contributed by atoms with Gasteiger partial charge in [0.05, 0.1) is 24.6 Å². The summed E-state index contributed by atoms with van der Waals surface area (Å²) in [6.07, 6.45) is 7.01. The summed E-state index contributed by atoms with van der Waals surface area (Å²) < 4.78 is 0. The number of carbonyl (C=O) groups excluding carboxylic acids is 3. The lowest BCUT2D eigenvalue weighted by molar-refractivity contribution is -0.120. The molecule has 160 valence electrons. The van der Waals surface area contributed by atoms with Gasteiger partial charge in [-0.1, -0.05) is 12.5 Å². The van der Waals surface area contributed by atoms with Crippen LogP contribution in [0.1, 0.15) is 31.2 Å². The van der Waals surface area contributed by atoms with Crippen LogP contribution < -0.4 is 5.32 Å². The van der Waals surface area contributed by atoms with Crippen molar-refractivity contribution in [3.05, 3.63) is 23.8 Å². The summed E-state index contributed by atoms with van der Waals surface area (Å²) in [4.78, 5) is 39.2. The maximum absolute atomic E-state index is 10.6. The van der Waals surface area contributed by atoms with Gasteiger partial charge in [-0.2, -0.15) is 9.98 Å². The third-order valence-corrected chi connectivity index (χ3v) is 3.90. The number of hydrogen-bond donors (Lipinski definition) is 3. The van der Waals surface area contributed by atoms with Crippen LogP contribution in [-0.2, 0) is 14.4 Å². The van der Waals surface area contributed by atoms with E-state index in [4.69, 9.17) is 10.2 Å². The molecule has 1 aliphatic rings. The molecule has 1 aromatic carbocycles. The molecule has 9 heteroatoms. The number of isocyanates is 2. The maximum Gasteiger partial charge on any atom is 0.240 e. The van der Waals surface area contributed by atoms with Crippen LogP contribution in [0.3, 0.4) is 0 Å². The molecule has 1 fully saturated rings. The summed E-state index contributed by atoms with van der Waals surface area (Å²) in [6.45, 7) is 4.29. The number of aliphatic hydroxyl groups is 2. The fourth-order valence-corrected chi connectivity index (χ4v) is 2.25. The number of aliphatic hydroxyl groups excluding tert-OH is 2. The number of likely N-dealkylation sites (N-methyl/N-ethyl adjacent to an activating group) is 1. The lowest BCUT2D eigenvalue weighted by atomic mass is 10.2. The van der Waals surface area contributed by atoms with Crippen molar-refractivity contribution in [1.82, 2.24) is 10.2 Å². The second kappa shape index (κ2) is 17.4. The van der Waals surface area contributed by atoms with E-state index in [0.717, 1.165) is 31.4 Å². The first-order valence-corrected chi connectivity index (χ1v) is 9.41. The summed E-state index contributed by atoms with van der Waals surface area (Å²) in [5, 5.41) is 19.5. The van der Waals surface area contributed by atoms with Gasteiger partial charge in [0.2, 0.25) is 18.1 Å². The average molecular weight is 406 g/mol. The highest BCUT2D eigenvalue weighted by atomic mass is 16.3. The van der Waals surface area contributed by atoms with Crippen LogP contribution in [-0.4, -0.2) is 73.1 Å². The quantitative estimate of drug-likeness (QED) is 0.485. The number of hydrogen-bond acceptors (Lipinski definition) is 8. The van der Waals surface area contributed by atoms with Crippen molar-refractivity contribution >= 4 is 29.4 Å². The molecule has 1 saturated heterocycles. The highest BCUT2D eigenvalue weighted by Gasteiger charge is 2.03. The molecule has 0 bridgehead atoms. The van der Waals surface area contributed by atoms with Gasteiger partial charge in [0.15, 0.2) is 0 Å². The Balaban J connectivity index is 0.000000427. The van der Waals surface area contributed by atoms with Crippen molar-refractivity contribution in [3.63, 3.8) is 0 Å². The Morgan fingerprint density at radius 1 is 1.07 bits per heavy atom. The summed E-state index contributed by atoms with van der Waals surface area (Å²) in [6, 6.07) is 4.88. The molecule has 2 rings (SSSR count). The molecule has 3 N–H and O–H groups in total. The summed E-state index contributed by atoms with van der Waals surface area (Å²) >= 11 is 0. The number of amides is 1. The third-order valence-electron chi connectivity index (χ3n) is 3.90. The third kappa shape index (κ3) is 14.0. The summed E-state index contributed by atoms with van der Waals surface area (Å²) in [7, 11) is 1.85. The van der Waals surface area contributed by atoms with E-state index >= 15 is 0 Å². The normalized spacial score (nSPS) is 12.7. The van der Waals surface area contributed by atoms with Crippen LogP contribution in [0, 0.1) is 6.92 Å². The summed E-state index contributed by atoms with van der Waals surface area (Å²) in [5.74, 6) is 0.225. The van der Waals surface area contributed by atoms with Gasteiger partial charge in [-0.3, -0.25) is 4.79 Å². The maximum atomic E-state index is 10.6. The van der Waals surface area contributed by atoms with E-state index in [1.165, 1.54) is 24.6 Å². The number of rotatable bonds is 6. The van der Waals surface area contributed by atoms with Crippen LogP contribution in [0.25, 0.3) is 0 Å². The molecule has 9 nitrogen and oxygen atoms in total. The van der Waals surface area contributed by atoms with Crippen molar-refractivity contribution in [2.75, 3.05) is 39.9 Å². The Kier molecular flexibility index (Phi) is 15.8. The fourth-order valence-electron chi connectivity index (χ4n) is 2.25. The first kappa shape index (κ1) is 26.3. The van der Waals surface area contributed by atoms with Crippen molar-refractivity contribution in [2.24, 2.45) is 9.98 Å². The predicted octanol–water partition coefficient (Wildman–Crippen LogP) is 1.51. The molecule has 1 aromatic rings. The molecular formula is C20H30N4O5. The van der Waals surface area contributed by atoms with Crippen LogP contribution >= 0.6 is 0 Å². The molecule has 1 amide bonds. The molecule has 0 radical (unpaired) electrons. The molecule has 0 aromatic heterocycles. The van der Waals surface area contributed by atoms with E-state index < -0.39 is 0 Å². The van der Waals surface area contributed by atoms with Crippen molar-refractivity contribution < 1.29 is 24.6 Å². The van der Waals surface area contributed by atoms with Gasteiger partial charge >= 0.3 is 0 Å². The first-order valence-electron chi connectivity index (χ1n) is 9.41. The van der Waals surface area contributed by atoms with Gasteiger partial charge in [-0.05, 0) is 44.5 Å². The van der Waals surface area contributed by atoms with Gasteiger partial charge < -0.3 is 20.4 Å². The number of aryl methyl sites for hydroxylation is 1. The molecule has 0 saturated carbocycles. The van der Waals surface area contributed by atoms with Gasteiger partial charge in [0, 0.05) is 26.1 Å². The number of benzene rings is 1. The van der Waals surface area contributed by atoms with Gasteiger partial charge in [-0.25, -0.2) is 9.59 Å². The molecular weight excluding hydrogens is 376 g/mol. The zero-order valence-corrected chi connectivity index (χ0v) is 17.1. The molecule has 0 aliphatic carbocycles. The number of aliphatic imine (C=N–C) groups is 2. The topological polar surface area (TPSA) is 132 Å². The van der Waals surface area contributed by atoms with Crippen molar-refractivity contribution in [3.8, 4) is 0 Å². The largest absolute Gasteiger partial charge is 0.395 e. The molecule has 0 unspecified atom stereocenters. The average Bonchev–Trinajstić information content (AvgIpc) is 2.94. The van der Waals surface area contributed by atoms with E-state index in [1.807, 2.05) is 11.9 Å². The second-order valence-corrected chi connectivity index (χ2v) is 6.29. The minimum absolute atomic E-state index is 0.163. The van der Waals surface area contributed by atoms with Crippen LogP contribution in [0.2, 0.25) is 0 Å². The Hall–Kier alpha value is -2.67. The Morgan fingerprint density at radius 3 is 2.31 bits per heavy atom. The lowest BCUT2D eigenvalue weighted by Gasteiger charge is -2.11.